The molecule has 0 bridgehead atoms. The molecule has 2 unspecified atom stereocenters. The van der Waals surface area contributed by atoms with Crippen LogP contribution in [-0.4, -0.2) is 10.9 Å². The van der Waals surface area contributed by atoms with Crippen LogP contribution in [0.3, 0.4) is 0 Å². The maximum absolute atomic E-state index is 9.30. The van der Waals surface area contributed by atoms with Crippen LogP contribution in [0.2, 0.25) is 0 Å². The van der Waals surface area contributed by atoms with E-state index in [-0.39, 0.29) is 0 Å². The molecule has 1 aromatic rings. The minimum atomic E-state index is 0.343. The molecule has 0 radical (unpaired) electrons. The predicted octanol–water partition coefficient (Wildman–Crippen LogP) is 4.20. The lowest BCUT2D eigenvalue weighted by Crippen LogP contribution is -2.33. The highest BCUT2D eigenvalue weighted by atomic mass is 16.4. The van der Waals surface area contributed by atoms with E-state index >= 15 is 0 Å². The molecule has 0 saturated heterocycles. The van der Waals surface area contributed by atoms with E-state index in [4.69, 9.17) is 0 Å². The average molecular weight is 243 g/mol. The van der Waals surface area contributed by atoms with Gasteiger partial charge >= 0.3 is 0 Å². The van der Waals surface area contributed by atoms with Gasteiger partial charge in [0.1, 0.15) is 0 Å². The van der Waals surface area contributed by atoms with Crippen LogP contribution in [0.1, 0.15) is 50.0 Å². The molecule has 2 fully saturated rings. The Labute approximate surface area is 109 Å². The Kier molecular flexibility index (Phi) is 3.35. The maximum atomic E-state index is 9.30. The van der Waals surface area contributed by atoms with Gasteiger partial charge in [-0.3, -0.25) is 0 Å². The topological polar surface area (TPSA) is 32.6 Å². The molecule has 2 aliphatic carbocycles. The first-order valence-electron chi connectivity index (χ1n) is 7.14. The number of rotatable bonds is 1. The van der Waals surface area contributed by atoms with E-state index < -0.39 is 0 Å². The van der Waals surface area contributed by atoms with Gasteiger partial charge in [0.25, 0.3) is 0 Å². The largest absolute Gasteiger partial charge is 0.411 e. The summed E-state index contributed by atoms with van der Waals surface area (Å²) in [5.74, 6) is 1.95. The molecule has 96 valence electrons. The van der Waals surface area contributed by atoms with Gasteiger partial charge in [-0.1, -0.05) is 54.8 Å². The molecule has 3 rings (SSSR count). The summed E-state index contributed by atoms with van der Waals surface area (Å²) in [4.78, 5) is 0. The highest BCUT2D eigenvalue weighted by Crippen LogP contribution is 2.44. The molecule has 2 nitrogen and oxygen atoms in total. The van der Waals surface area contributed by atoms with E-state index in [1.165, 1.54) is 37.7 Å². The maximum Gasteiger partial charge on any atom is 0.0648 e. The zero-order chi connectivity index (χ0) is 12.4. The normalized spacial score (nSPS) is 34.2. The molecule has 2 saturated carbocycles. The minimum Gasteiger partial charge on any atom is -0.411 e. The van der Waals surface area contributed by atoms with Gasteiger partial charge in [0.2, 0.25) is 0 Å². The molecule has 18 heavy (non-hydrogen) atoms. The third-order valence-electron chi connectivity index (χ3n) is 4.81. The Morgan fingerprint density at radius 1 is 1.00 bits per heavy atom. The second-order valence-corrected chi connectivity index (χ2v) is 5.80. The van der Waals surface area contributed by atoms with Crippen LogP contribution in [0.4, 0.5) is 0 Å². The van der Waals surface area contributed by atoms with Gasteiger partial charge in [-0.05, 0) is 36.7 Å². The van der Waals surface area contributed by atoms with Gasteiger partial charge < -0.3 is 5.21 Å². The van der Waals surface area contributed by atoms with Gasteiger partial charge in [0.15, 0.2) is 0 Å². The molecule has 0 heterocycles. The zero-order valence-corrected chi connectivity index (χ0v) is 10.8. The molecule has 3 atom stereocenters. The summed E-state index contributed by atoms with van der Waals surface area (Å²) in [6.07, 6.45) is 7.61. The van der Waals surface area contributed by atoms with Crippen molar-refractivity contribution in [2.75, 3.05) is 0 Å². The van der Waals surface area contributed by atoms with Crippen LogP contribution in [0.15, 0.2) is 35.5 Å². The first kappa shape index (κ1) is 11.8. The standard InChI is InChI=1S/C16H21NO/c18-17-16-11-14-9-5-4-8-13(14)10-15(16)12-6-2-1-3-7-12/h1-3,6-7,13-15,18H,4-5,8-11H2/b17-16+/t13?,14?,15-/m1/s1. The second kappa shape index (κ2) is 5.13. The van der Waals surface area contributed by atoms with E-state index in [2.05, 4.69) is 29.4 Å². The summed E-state index contributed by atoms with van der Waals surface area (Å²) < 4.78 is 0. The van der Waals surface area contributed by atoms with Crippen molar-refractivity contribution in [2.45, 2.75) is 44.4 Å². The van der Waals surface area contributed by atoms with Gasteiger partial charge in [-0.2, -0.15) is 0 Å². The summed E-state index contributed by atoms with van der Waals surface area (Å²) in [5, 5.41) is 12.9. The van der Waals surface area contributed by atoms with Crippen molar-refractivity contribution in [2.24, 2.45) is 17.0 Å². The van der Waals surface area contributed by atoms with Crippen LogP contribution < -0.4 is 0 Å². The van der Waals surface area contributed by atoms with Crippen molar-refractivity contribution in [1.29, 1.82) is 0 Å². The quantitative estimate of drug-likeness (QED) is 0.582. The van der Waals surface area contributed by atoms with Gasteiger partial charge in [0, 0.05) is 5.92 Å². The van der Waals surface area contributed by atoms with Crippen molar-refractivity contribution in [3.05, 3.63) is 35.9 Å². The molecular weight excluding hydrogens is 222 g/mol. The zero-order valence-electron chi connectivity index (χ0n) is 10.8. The number of benzene rings is 1. The molecule has 0 aromatic heterocycles. The molecular formula is C16H21NO. The van der Waals surface area contributed by atoms with Gasteiger partial charge in [-0.25, -0.2) is 0 Å². The fourth-order valence-corrected chi connectivity index (χ4v) is 3.84. The SMILES string of the molecule is O/N=C1\CC2CCCCC2C[C@@H]1c1ccccc1. The molecule has 0 amide bonds. The first-order chi connectivity index (χ1) is 8.88. The van der Waals surface area contributed by atoms with Crippen molar-refractivity contribution >= 4 is 5.71 Å². The Morgan fingerprint density at radius 3 is 2.44 bits per heavy atom. The third kappa shape index (κ3) is 2.16. The van der Waals surface area contributed by atoms with Crippen LogP contribution >= 0.6 is 0 Å². The fraction of sp³-hybridized carbons (Fsp3) is 0.562. The summed E-state index contributed by atoms with van der Waals surface area (Å²) in [6, 6.07) is 10.5. The van der Waals surface area contributed by atoms with Crippen LogP contribution in [0.25, 0.3) is 0 Å². The van der Waals surface area contributed by atoms with E-state index in [1.807, 2.05) is 6.07 Å². The Balaban J connectivity index is 1.85. The van der Waals surface area contributed by atoms with Crippen molar-refractivity contribution < 1.29 is 5.21 Å². The summed E-state index contributed by atoms with van der Waals surface area (Å²) in [6.45, 7) is 0. The predicted molar refractivity (Wildman–Crippen MR) is 73.1 cm³/mol. The number of nitrogens with zero attached hydrogens (tertiary/aromatic N) is 1. The van der Waals surface area contributed by atoms with Crippen molar-refractivity contribution in [3.63, 3.8) is 0 Å². The first-order valence-corrected chi connectivity index (χ1v) is 7.14. The van der Waals surface area contributed by atoms with E-state index in [9.17, 15) is 5.21 Å². The number of hydrogen-bond acceptors (Lipinski definition) is 2. The third-order valence-corrected chi connectivity index (χ3v) is 4.81. The van der Waals surface area contributed by atoms with E-state index in [0.717, 1.165) is 24.0 Å². The molecule has 1 N–H and O–H groups in total. The lowest BCUT2D eigenvalue weighted by Gasteiger charge is -2.39. The molecule has 2 heteroatoms. The van der Waals surface area contributed by atoms with Gasteiger partial charge in [0.05, 0.1) is 5.71 Å². The summed E-state index contributed by atoms with van der Waals surface area (Å²) in [7, 11) is 0. The highest BCUT2D eigenvalue weighted by molar-refractivity contribution is 5.91. The molecule has 1 aromatic carbocycles. The monoisotopic (exact) mass is 243 g/mol. The number of oxime groups is 1. The minimum absolute atomic E-state index is 0.343. The van der Waals surface area contributed by atoms with Crippen molar-refractivity contribution in [1.82, 2.24) is 0 Å². The second-order valence-electron chi connectivity index (χ2n) is 5.80. The van der Waals surface area contributed by atoms with Crippen LogP contribution in [-0.2, 0) is 0 Å². The lowest BCUT2D eigenvalue weighted by molar-refractivity contribution is 0.203. The van der Waals surface area contributed by atoms with Crippen LogP contribution in [0, 0.1) is 11.8 Å². The summed E-state index contributed by atoms with van der Waals surface area (Å²) in [5.41, 5.74) is 2.32. The number of hydrogen-bond donors (Lipinski definition) is 1. The van der Waals surface area contributed by atoms with E-state index in [0.29, 0.717) is 5.92 Å². The fourth-order valence-electron chi connectivity index (χ4n) is 3.84. The molecule has 2 aliphatic rings. The highest BCUT2D eigenvalue weighted by Gasteiger charge is 2.36. The average Bonchev–Trinajstić information content (AvgIpc) is 2.46. The lowest BCUT2D eigenvalue weighted by atomic mass is 9.65. The Hall–Kier alpha value is -1.31. The van der Waals surface area contributed by atoms with Crippen molar-refractivity contribution in [3.8, 4) is 0 Å². The van der Waals surface area contributed by atoms with E-state index in [1.54, 1.807) is 0 Å². The Bertz CT molecular complexity index is 426. The number of fused-ring (bicyclic) bond motifs is 1. The summed E-state index contributed by atoms with van der Waals surface area (Å²) >= 11 is 0. The molecule has 0 aliphatic heterocycles. The smallest absolute Gasteiger partial charge is 0.0648 e. The van der Waals surface area contributed by atoms with Gasteiger partial charge in [-0.15, -0.1) is 0 Å². The molecule has 0 spiro atoms. The Morgan fingerprint density at radius 2 is 1.72 bits per heavy atom. The van der Waals surface area contributed by atoms with Crippen LogP contribution in [0.5, 0.6) is 0 Å².